The zero-order valence-electron chi connectivity index (χ0n) is 18.6. The van der Waals surface area contributed by atoms with Crippen LogP contribution in [0.5, 0.6) is 0 Å². The summed E-state index contributed by atoms with van der Waals surface area (Å²) in [6, 6.07) is 7.52. The van der Waals surface area contributed by atoms with Crippen LogP contribution >= 0.6 is 0 Å². The zero-order valence-corrected chi connectivity index (χ0v) is 18.6. The Morgan fingerprint density at radius 3 is 2.59 bits per heavy atom. The first-order chi connectivity index (χ1) is 15.3. The Balaban J connectivity index is 1.47. The number of hydrogen-bond donors (Lipinski definition) is 1. The van der Waals surface area contributed by atoms with Crippen molar-refractivity contribution in [1.82, 2.24) is 10.2 Å². The van der Waals surface area contributed by atoms with E-state index < -0.39 is 11.9 Å². The maximum absolute atomic E-state index is 12.6. The second-order valence-electron chi connectivity index (χ2n) is 8.10. The lowest BCUT2D eigenvalue weighted by atomic mass is 10.0. The molecule has 0 aliphatic carbocycles. The number of ether oxygens (including phenoxy) is 1. The van der Waals surface area contributed by atoms with Crippen molar-refractivity contribution >= 4 is 23.4 Å². The molecule has 168 valence electrons. The second-order valence-corrected chi connectivity index (χ2v) is 8.10. The highest BCUT2D eigenvalue weighted by atomic mass is 16.5. The molecule has 3 rings (SSSR count). The molecule has 3 amide bonds. The van der Waals surface area contributed by atoms with Gasteiger partial charge in [0.15, 0.2) is 0 Å². The molecule has 2 aliphatic heterocycles. The van der Waals surface area contributed by atoms with Crippen LogP contribution in [-0.4, -0.2) is 40.9 Å². The van der Waals surface area contributed by atoms with Gasteiger partial charge in [-0.2, -0.15) is 0 Å². The summed E-state index contributed by atoms with van der Waals surface area (Å²) < 4.78 is 5.68. The maximum Gasteiger partial charge on any atom is 0.250 e. The van der Waals surface area contributed by atoms with Crippen molar-refractivity contribution in [3.63, 3.8) is 0 Å². The third-order valence-electron chi connectivity index (χ3n) is 5.35. The molecule has 32 heavy (non-hydrogen) atoms. The number of aliphatic imine (C=N–C) groups is 1. The van der Waals surface area contributed by atoms with Gasteiger partial charge in [0.25, 0.3) is 5.91 Å². The minimum Gasteiger partial charge on any atom is -0.490 e. The van der Waals surface area contributed by atoms with E-state index in [0.717, 1.165) is 16.8 Å². The molecule has 0 spiro atoms. The summed E-state index contributed by atoms with van der Waals surface area (Å²) in [6.07, 6.45) is 6.36. The predicted molar refractivity (Wildman–Crippen MR) is 123 cm³/mol. The predicted octanol–water partition coefficient (Wildman–Crippen LogP) is 3.22. The van der Waals surface area contributed by atoms with Gasteiger partial charge < -0.3 is 9.64 Å². The number of carbonyl (C=O) groups excluding carboxylic acids is 3. The van der Waals surface area contributed by atoms with E-state index in [1.807, 2.05) is 38.1 Å². The van der Waals surface area contributed by atoms with E-state index in [2.05, 4.69) is 16.9 Å². The molecular formula is C25H29N3O4. The van der Waals surface area contributed by atoms with Gasteiger partial charge in [-0.25, -0.2) is 0 Å². The lowest BCUT2D eigenvalue weighted by Gasteiger charge is -2.29. The molecule has 2 fully saturated rings. The average molecular weight is 436 g/mol. The Hall–Kier alpha value is -3.48. The van der Waals surface area contributed by atoms with Crippen molar-refractivity contribution < 1.29 is 19.1 Å². The quantitative estimate of drug-likeness (QED) is 0.223. The van der Waals surface area contributed by atoms with Crippen LogP contribution in [0.15, 0.2) is 65.4 Å². The second kappa shape index (κ2) is 10.7. The number of rotatable bonds is 8. The van der Waals surface area contributed by atoms with Crippen molar-refractivity contribution in [3.8, 4) is 0 Å². The molecule has 1 aromatic rings. The highest BCUT2D eigenvalue weighted by Gasteiger charge is 2.38. The van der Waals surface area contributed by atoms with Crippen LogP contribution < -0.4 is 5.32 Å². The van der Waals surface area contributed by atoms with Gasteiger partial charge >= 0.3 is 0 Å². The van der Waals surface area contributed by atoms with Crippen LogP contribution in [0.25, 0.3) is 0 Å². The molecule has 1 atom stereocenters. The Labute approximate surface area is 188 Å². The van der Waals surface area contributed by atoms with E-state index in [0.29, 0.717) is 43.9 Å². The fraction of sp³-hybridized carbons (Fsp3) is 0.360. The maximum atomic E-state index is 12.6. The number of nitrogens with one attached hydrogen (secondary N) is 1. The summed E-state index contributed by atoms with van der Waals surface area (Å²) in [7, 11) is 0. The van der Waals surface area contributed by atoms with Crippen molar-refractivity contribution in [3.05, 3.63) is 71.5 Å². The number of benzene rings is 1. The van der Waals surface area contributed by atoms with E-state index >= 15 is 0 Å². The number of nitrogens with zero attached hydrogens (tertiary/aromatic N) is 2. The minimum absolute atomic E-state index is 0.168. The van der Waals surface area contributed by atoms with Crippen LogP contribution in [0.1, 0.15) is 44.2 Å². The summed E-state index contributed by atoms with van der Waals surface area (Å²) in [5, 5.41) is 2.30. The van der Waals surface area contributed by atoms with E-state index in [9.17, 15) is 14.4 Å². The van der Waals surface area contributed by atoms with Crippen LogP contribution in [0.2, 0.25) is 0 Å². The lowest BCUT2D eigenvalue weighted by Crippen LogP contribution is -2.52. The normalized spacial score (nSPS) is 20.1. The van der Waals surface area contributed by atoms with E-state index in [1.165, 1.54) is 0 Å². The van der Waals surface area contributed by atoms with Gasteiger partial charge in [0, 0.05) is 24.3 Å². The third-order valence-corrected chi connectivity index (χ3v) is 5.35. The van der Waals surface area contributed by atoms with Gasteiger partial charge in [-0.1, -0.05) is 43.0 Å². The Kier molecular flexibility index (Phi) is 7.76. The first kappa shape index (κ1) is 23.2. The van der Waals surface area contributed by atoms with E-state index in [4.69, 9.17) is 4.74 Å². The number of carbonyl (C=O) groups is 3. The highest BCUT2D eigenvalue weighted by molar-refractivity contribution is 6.04. The number of piperidine rings is 1. The SMILES string of the molecule is C=C(/C=C\C=C1/CCN(C2CCC(=O)NC2=O)C1=O)OCc1ccc(CN=C(C)C)cc1. The summed E-state index contributed by atoms with van der Waals surface area (Å²) in [5.74, 6) is -0.357. The topological polar surface area (TPSA) is 88.1 Å². The Morgan fingerprint density at radius 2 is 1.91 bits per heavy atom. The van der Waals surface area contributed by atoms with Crippen LogP contribution in [0.4, 0.5) is 0 Å². The number of likely N-dealkylation sites (tertiary alicyclic amines) is 1. The molecule has 0 bridgehead atoms. The largest absolute Gasteiger partial charge is 0.490 e. The molecule has 1 unspecified atom stereocenters. The van der Waals surface area contributed by atoms with Crippen molar-refractivity contribution in [1.29, 1.82) is 0 Å². The van der Waals surface area contributed by atoms with Gasteiger partial charge in [-0.15, -0.1) is 0 Å². The van der Waals surface area contributed by atoms with E-state index in [1.54, 1.807) is 23.1 Å². The summed E-state index contributed by atoms with van der Waals surface area (Å²) in [6.45, 7) is 9.40. The summed E-state index contributed by atoms with van der Waals surface area (Å²) in [4.78, 5) is 41.9. The zero-order chi connectivity index (χ0) is 23.1. The molecule has 0 saturated carbocycles. The van der Waals surface area contributed by atoms with Crippen molar-refractivity contribution in [2.24, 2.45) is 4.99 Å². The molecule has 0 radical (unpaired) electrons. The molecule has 2 saturated heterocycles. The Bertz CT molecular complexity index is 985. The fourth-order valence-corrected chi connectivity index (χ4v) is 3.55. The first-order valence-corrected chi connectivity index (χ1v) is 10.7. The molecular weight excluding hydrogens is 406 g/mol. The lowest BCUT2D eigenvalue weighted by molar-refractivity contribution is -0.142. The molecule has 2 aliphatic rings. The van der Waals surface area contributed by atoms with Gasteiger partial charge in [-0.3, -0.25) is 24.7 Å². The molecule has 1 N–H and O–H groups in total. The minimum atomic E-state index is -0.572. The third kappa shape index (κ3) is 6.26. The van der Waals surface area contributed by atoms with Crippen molar-refractivity contribution in [2.75, 3.05) is 6.54 Å². The van der Waals surface area contributed by atoms with Gasteiger partial charge in [0.2, 0.25) is 11.8 Å². The molecule has 7 heteroatoms. The van der Waals surface area contributed by atoms with Crippen molar-refractivity contribution in [2.45, 2.75) is 52.3 Å². The van der Waals surface area contributed by atoms with Crippen LogP contribution in [0, 0.1) is 0 Å². The number of amides is 3. The molecule has 0 aromatic heterocycles. The molecule has 2 heterocycles. The van der Waals surface area contributed by atoms with Crippen LogP contribution in [-0.2, 0) is 32.3 Å². The fourth-order valence-electron chi connectivity index (χ4n) is 3.55. The number of hydrogen-bond acceptors (Lipinski definition) is 5. The van der Waals surface area contributed by atoms with E-state index in [-0.39, 0.29) is 18.2 Å². The highest BCUT2D eigenvalue weighted by Crippen LogP contribution is 2.23. The number of imide groups is 1. The molecule has 7 nitrogen and oxygen atoms in total. The monoisotopic (exact) mass is 435 g/mol. The van der Waals surface area contributed by atoms with Gasteiger partial charge in [0.05, 0.1) is 6.54 Å². The average Bonchev–Trinajstić information content (AvgIpc) is 3.11. The van der Waals surface area contributed by atoms with Gasteiger partial charge in [0.1, 0.15) is 18.4 Å². The summed E-state index contributed by atoms with van der Waals surface area (Å²) in [5.41, 5.74) is 3.86. The standard InChI is InChI=1S/C25H29N3O4/c1-17(2)26-15-19-7-9-20(10-8-19)16-32-18(3)5-4-6-21-13-14-28(25(21)31)22-11-12-23(29)27-24(22)30/h4-10,22H,3,11-16H2,1-2H3,(H,27,29,30)/b5-4-,21-6+. The Morgan fingerprint density at radius 1 is 1.19 bits per heavy atom. The van der Waals surface area contributed by atoms with Crippen LogP contribution in [0.3, 0.4) is 0 Å². The first-order valence-electron chi connectivity index (χ1n) is 10.7. The molecule has 1 aromatic carbocycles. The van der Waals surface area contributed by atoms with Gasteiger partial charge in [-0.05, 0) is 43.9 Å². The smallest absolute Gasteiger partial charge is 0.250 e. The summed E-state index contributed by atoms with van der Waals surface area (Å²) >= 11 is 0. The number of allylic oxidation sites excluding steroid dienone is 3.